The van der Waals surface area contributed by atoms with Crippen LogP contribution in [0.2, 0.25) is 0 Å². The van der Waals surface area contributed by atoms with Crippen molar-refractivity contribution < 1.29 is 19.4 Å². The number of rotatable bonds is 7. The Morgan fingerprint density at radius 1 is 1.31 bits per heavy atom. The fourth-order valence-electron chi connectivity index (χ4n) is 4.04. The minimum atomic E-state index is -0.664. The monoisotopic (exact) mass is 462 g/mol. The fourth-order valence-corrected chi connectivity index (χ4v) is 4.20. The highest BCUT2D eigenvalue weighted by Gasteiger charge is 2.27. The number of alkyl halides is 1. The summed E-state index contributed by atoms with van der Waals surface area (Å²) in [5, 5.41) is 16.0. The Hall–Kier alpha value is -2.39. The highest BCUT2D eigenvalue weighted by atomic mass is 35.5. The van der Waals surface area contributed by atoms with Gasteiger partial charge in [-0.2, -0.15) is 0 Å². The van der Waals surface area contributed by atoms with Crippen molar-refractivity contribution in [2.24, 2.45) is 0 Å². The molecule has 3 rings (SSSR count). The molecule has 4 N–H and O–H groups in total. The van der Waals surface area contributed by atoms with E-state index in [2.05, 4.69) is 20.5 Å². The van der Waals surface area contributed by atoms with Gasteiger partial charge < -0.3 is 25.5 Å². The molecule has 2 aliphatic heterocycles. The van der Waals surface area contributed by atoms with E-state index in [0.29, 0.717) is 42.3 Å². The first-order valence-electron chi connectivity index (χ1n) is 10.8. The topological polar surface area (TPSA) is 107 Å². The number of aliphatic hydroxyl groups is 1. The molecule has 2 saturated heterocycles. The van der Waals surface area contributed by atoms with E-state index in [1.54, 1.807) is 12.2 Å². The highest BCUT2D eigenvalue weighted by molar-refractivity contribution is 6.19. The quantitative estimate of drug-likeness (QED) is 0.364. The molecule has 1 aromatic heterocycles. The molecule has 2 amide bonds. The van der Waals surface area contributed by atoms with Crippen molar-refractivity contribution >= 4 is 29.5 Å². The Kier molecular flexibility index (Phi) is 8.31. The number of nitrogens with one attached hydrogen (secondary N) is 3. The molecule has 9 heteroatoms. The molecule has 0 bridgehead atoms. The van der Waals surface area contributed by atoms with Gasteiger partial charge in [0.05, 0.1) is 30.5 Å². The van der Waals surface area contributed by atoms with Crippen LogP contribution in [-0.2, 0) is 9.53 Å². The molecular weight excluding hydrogens is 432 g/mol. The number of carbonyl (C=O) groups excluding carboxylic acids is 2. The normalized spacial score (nSPS) is 22.0. The summed E-state index contributed by atoms with van der Waals surface area (Å²) in [6.07, 6.45) is 4.69. The van der Waals surface area contributed by atoms with E-state index < -0.39 is 6.10 Å². The SMILES string of the molecule is CC=C1NC(=O)C(=Cc2[nH]c(C)c(C(=O)NCC(O)CN3CCOCC3)c2C)C1=CCCl. The van der Waals surface area contributed by atoms with Crippen LogP contribution in [0.4, 0.5) is 0 Å². The van der Waals surface area contributed by atoms with Crippen LogP contribution >= 0.6 is 11.6 Å². The van der Waals surface area contributed by atoms with Gasteiger partial charge in [0.25, 0.3) is 11.8 Å². The Labute approximate surface area is 193 Å². The zero-order valence-corrected chi connectivity index (χ0v) is 19.5. The van der Waals surface area contributed by atoms with Gasteiger partial charge in [-0.05, 0) is 32.4 Å². The van der Waals surface area contributed by atoms with Gasteiger partial charge in [0.2, 0.25) is 0 Å². The minimum absolute atomic E-state index is 0.159. The van der Waals surface area contributed by atoms with Gasteiger partial charge in [-0.15, -0.1) is 11.6 Å². The lowest BCUT2D eigenvalue weighted by molar-refractivity contribution is -0.115. The first kappa shape index (κ1) is 24.3. The van der Waals surface area contributed by atoms with Crippen molar-refractivity contribution in [3.63, 3.8) is 0 Å². The van der Waals surface area contributed by atoms with Crippen LogP contribution in [-0.4, -0.2) is 78.2 Å². The standard InChI is InChI=1S/C23H31ClN4O4/c1-4-19-17(5-6-24)18(22(30)27-19)11-20-14(2)21(15(3)26-20)23(31)25-12-16(29)13-28-7-9-32-10-8-28/h4-5,11,16,26,29H,6-10,12-13H2,1-3H3,(H,25,31)(H,27,30). The maximum Gasteiger partial charge on any atom is 0.256 e. The number of halogens is 1. The van der Waals surface area contributed by atoms with Gasteiger partial charge in [-0.1, -0.05) is 12.2 Å². The predicted octanol–water partition coefficient (Wildman–Crippen LogP) is 1.64. The summed E-state index contributed by atoms with van der Waals surface area (Å²) in [6, 6.07) is 0. The maximum absolute atomic E-state index is 12.8. The lowest BCUT2D eigenvalue weighted by Crippen LogP contribution is -2.44. The fraction of sp³-hybridized carbons (Fsp3) is 0.478. The number of amides is 2. The first-order chi connectivity index (χ1) is 15.3. The lowest BCUT2D eigenvalue weighted by Gasteiger charge is -2.28. The Balaban J connectivity index is 1.72. The second-order valence-corrected chi connectivity index (χ2v) is 8.24. The number of hydrogen-bond donors (Lipinski definition) is 4. The van der Waals surface area contributed by atoms with E-state index in [1.807, 2.05) is 26.8 Å². The van der Waals surface area contributed by atoms with Crippen LogP contribution in [0.5, 0.6) is 0 Å². The van der Waals surface area contributed by atoms with Crippen molar-refractivity contribution in [3.05, 3.63) is 51.5 Å². The predicted molar refractivity (Wildman–Crippen MR) is 125 cm³/mol. The molecule has 1 unspecified atom stereocenters. The second-order valence-electron chi connectivity index (χ2n) is 7.93. The Bertz CT molecular complexity index is 957. The van der Waals surface area contributed by atoms with Gasteiger partial charge >= 0.3 is 0 Å². The molecule has 0 aromatic carbocycles. The molecule has 0 radical (unpaired) electrons. The van der Waals surface area contributed by atoms with Crippen LogP contribution in [0.15, 0.2) is 29.0 Å². The van der Waals surface area contributed by atoms with Crippen LogP contribution in [0.25, 0.3) is 6.08 Å². The number of hydrogen-bond acceptors (Lipinski definition) is 5. The van der Waals surface area contributed by atoms with Crippen molar-refractivity contribution in [1.82, 2.24) is 20.5 Å². The number of aromatic nitrogens is 1. The van der Waals surface area contributed by atoms with Gasteiger partial charge in [0, 0.05) is 54.7 Å². The van der Waals surface area contributed by atoms with E-state index in [-0.39, 0.29) is 24.2 Å². The van der Waals surface area contributed by atoms with E-state index >= 15 is 0 Å². The largest absolute Gasteiger partial charge is 0.390 e. The smallest absolute Gasteiger partial charge is 0.256 e. The number of H-pyrrole nitrogens is 1. The maximum atomic E-state index is 12.8. The number of ether oxygens (including phenoxy) is 1. The van der Waals surface area contributed by atoms with Crippen LogP contribution in [0, 0.1) is 13.8 Å². The number of morpholine rings is 1. The van der Waals surface area contributed by atoms with Gasteiger partial charge in [0.15, 0.2) is 0 Å². The summed E-state index contributed by atoms with van der Waals surface area (Å²) in [4.78, 5) is 30.7. The molecule has 32 heavy (non-hydrogen) atoms. The molecule has 1 aromatic rings. The molecule has 0 saturated carbocycles. The van der Waals surface area contributed by atoms with Crippen molar-refractivity contribution in [3.8, 4) is 0 Å². The van der Waals surface area contributed by atoms with Crippen molar-refractivity contribution in [2.45, 2.75) is 26.9 Å². The number of aromatic amines is 1. The van der Waals surface area contributed by atoms with Crippen LogP contribution < -0.4 is 10.6 Å². The van der Waals surface area contributed by atoms with Gasteiger partial charge in [-0.25, -0.2) is 0 Å². The average molecular weight is 463 g/mol. The van der Waals surface area contributed by atoms with E-state index in [9.17, 15) is 14.7 Å². The molecule has 8 nitrogen and oxygen atoms in total. The summed E-state index contributed by atoms with van der Waals surface area (Å²) >= 11 is 5.88. The zero-order chi connectivity index (χ0) is 23.3. The highest BCUT2D eigenvalue weighted by Crippen LogP contribution is 2.29. The number of allylic oxidation sites excluding steroid dienone is 3. The molecule has 0 spiro atoms. The van der Waals surface area contributed by atoms with E-state index in [4.69, 9.17) is 16.3 Å². The summed E-state index contributed by atoms with van der Waals surface area (Å²) in [5.74, 6) is -0.191. The van der Waals surface area contributed by atoms with Crippen molar-refractivity contribution in [1.29, 1.82) is 0 Å². The van der Waals surface area contributed by atoms with Crippen LogP contribution in [0.1, 0.15) is 34.2 Å². The number of nitrogens with zero attached hydrogens (tertiary/aromatic N) is 1. The molecule has 1 atom stereocenters. The number of aliphatic hydroxyl groups excluding tert-OH is 1. The third-order valence-electron chi connectivity index (χ3n) is 5.71. The average Bonchev–Trinajstić information content (AvgIpc) is 3.22. The molecule has 3 heterocycles. The Morgan fingerprint density at radius 3 is 2.69 bits per heavy atom. The third-order valence-corrected chi connectivity index (χ3v) is 5.86. The van der Waals surface area contributed by atoms with E-state index in [0.717, 1.165) is 29.9 Å². The summed E-state index contributed by atoms with van der Waals surface area (Å²) in [5.41, 5.74) is 4.60. The Morgan fingerprint density at radius 2 is 2.03 bits per heavy atom. The molecule has 0 aliphatic carbocycles. The van der Waals surface area contributed by atoms with Gasteiger partial charge in [-0.3, -0.25) is 14.5 Å². The molecule has 2 aliphatic rings. The van der Waals surface area contributed by atoms with Crippen LogP contribution in [0.3, 0.4) is 0 Å². The number of β-amino-alcohol motifs (C(OH)–C–C–N with tert-alkyl or cyclic N) is 1. The molecular formula is C23H31ClN4O4. The summed E-state index contributed by atoms with van der Waals surface area (Å²) in [7, 11) is 0. The summed E-state index contributed by atoms with van der Waals surface area (Å²) < 4.78 is 5.31. The lowest BCUT2D eigenvalue weighted by atomic mass is 10.0. The summed E-state index contributed by atoms with van der Waals surface area (Å²) in [6.45, 7) is 9.03. The minimum Gasteiger partial charge on any atom is -0.390 e. The van der Waals surface area contributed by atoms with Gasteiger partial charge in [0.1, 0.15) is 0 Å². The third kappa shape index (κ3) is 5.50. The number of carbonyl (C=O) groups is 2. The molecule has 2 fully saturated rings. The molecule has 174 valence electrons. The van der Waals surface area contributed by atoms with E-state index in [1.165, 1.54) is 0 Å². The second kappa shape index (κ2) is 11.0. The van der Waals surface area contributed by atoms with Crippen molar-refractivity contribution in [2.75, 3.05) is 45.3 Å². The first-order valence-corrected chi connectivity index (χ1v) is 11.3. The zero-order valence-electron chi connectivity index (χ0n) is 18.8. The number of aryl methyl sites for hydroxylation is 1.